The number of unbranched alkanes of at least 4 members (excludes halogenated alkanes) is 3. The van der Waals surface area contributed by atoms with Crippen molar-refractivity contribution in [3.8, 4) is 0 Å². The minimum atomic E-state index is -1.57. The summed E-state index contributed by atoms with van der Waals surface area (Å²) < 4.78 is 53.2. The van der Waals surface area contributed by atoms with Crippen molar-refractivity contribution >= 4 is 88.3 Å². The number of ether oxygens (including phenoxy) is 9. The van der Waals surface area contributed by atoms with E-state index >= 15 is 0 Å². The molecular weight excluding hydrogens is 1460 g/mol. The van der Waals surface area contributed by atoms with Gasteiger partial charge in [0.05, 0.1) is 75.2 Å². The predicted octanol–water partition coefficient (Wildman–Crippen LogP) is -7.49. The van der Waals surface area contributed by atoms with Crippen molar-refractivity contribution in [3.63, 3.8) is 0 Å². The fraction of sp³-hybridized carbons (Fsp3) is 0.951. The summed E-state index contributed by atoms with van der Waals surface area (Å²) in [6.45, 7) is -2.30. The predicted molar refractivity (Wildman–Crippen MR) is 370 cm³/mol. The second-order valence-corrected chi connectivity index (χ2v) is 32.5. The van der Waals surface area contributed by atoms with E-state index in [0.29, 0.717) is 99.1 Å². The van der Waals surface area contributed by atoms with Crippen LogP contribution in [0.15, 0.2) is 0 Å². The Kier molecular flexibility index (Phi) is 41.4. The maximum atomic E-state index is 12.6. The van der Waals surface area contributed by atoms with Gasteiger partial charge in [0.2, 0.25) is 17.7 Å². The van der Waals surface area contributed by atoms with E-state index in [9.17, 15) is 111 Å². The van der Waals surface area contributed by atoms with Gasteiger partial charge in [-0.2, -0.15) is 35.3 Å². The Balaban J connectivity index is 0.968. The van der Waals surface area contributed by atoms with Gasteiger partial charge < -0.3 is 156 Å². The molecule has 6 rings (SSSR count). The number of amides is 3. The van der Waals surface area contributed by atoms with Crippen LogP contribution in [0.5, 0.6) is 0 Å². The van der Waals surface area contributed by atoms with Crippen LogP contribution in [-0.2, 0) is 57.0 Å². The lowest BCUT2D eigenvalue weighted by Crippen LogP contribution is -2.60. The van der Waals surface area contributed by atoms with E-state index in [-0.39, 0.29) is 54.4 Å². The average molecular weight is 1570 g/mol. The largest absolute Gasteiger partial charge is 0.394 e. The van der Waals surface area contributed by atoms with Crippen LogP contribution in [0.25, 0.3) is 0 Å². The Morgan fingerprint density at radius 3 is 0.901 bits per heavy atom. The normalized spacial score (nSPS) is 39.2. The SMILES string of the molecule is CO[C@H]1O[C@H](CO[C@H]2O[C@H](CO[C@H]3O[C@H](CO)[C@@H](O)[C@H](O)[C@H]3CCCCSCCNC(=O)CS[C@H]3OC(CO)[C@@H](O)[C@H](O)C3O)[C@@H](O)[C@H](O)[C@H]2CCCCSCCNC(=O)CS[C@H]2OC(CO)[C@@H](O)[C@H](O)C2O)[C@@H](O)[C@H](O)[C@H]1CCCCSCCNC(=O)CS[C@H]1OC(CO)[C@@H](O)[C@H](O)C1O. The number of carbonyl (C=O) groups is 3. The smallest absolute Gasteiger partial charge is 0.230 e. The Bertz CT molecular complexity index is 2340. The van der Waals surface area contributed by atoms with Gasteiger partial charge in [-0.05, 0) is 55.8 Å². The van der Waals surface area contributed by atoms with E-state index in [4.69, 9.17) is 42.6 Å². The van der Waals surface area contributed by atoms with Gasteiger partial charge in [-0.15, -0.1) is 35.3 Å². The van der Waals surface area contributed by atoms with Crippen LogP contribution in [-0.4, -0.2) is 396 Å². The monoisotopic (exact) mass is 1570 g/mol. The van der Waals surface area contributed by atoms with E-state index in [1.807, 2.05) is 0 Å². The molecule has 6 saturated heterocycles. The number of carbonyl (C=O) groups excluding carboxylic acids is 3. The molecule has 6 aliphatic rings. The van der Waals surface area contributed by atoms with Crippen molar-refractivity contribution in [1.29, 1.82) is 0 Å². The molecule has 3 amide bonds. The van der Waals surface area contributed by atoms with Gasteiger partial charge in [-0.25, -0.2) is 0 Å². The minimum Gasteiger partial charge on any atom is -0.394 e. The molecule has 0 spiro atoms. The molecule has 0 aromatic carbocycles. The Morgan fingerprint density at radius 2 is 0.594 bits per heavy atom. The van der Waals surface area contributed by atoms with Gasteiger partial charge in [-0.3, -0.25) is 14.4 Å². The standard InChI is InChI=1S/C61H109N3O31S6/c1-87-56-29(8-2-5-14-96-17-11-62-38(69)26-99-59-53(84)50(81)45(76)33(21-66)93-59)41(72)48(79)36(91-56)24-89-58-31(10-4-7-16-98-19-13-64-40(71)28-101-61-55(86)52(83)47(78)35(23-68)95-61)43(74)49(80)37(92-58)25-88-57-30(42(73)44(75)32(20-65)90-57)9-3-6-15-97-18-12-63-39(70)27-100-60-54(85)51(82)46(77)34(22-67)94-60/h29-37,41-61,65-68,72-86H,2-28H2,1H3,(H,62,69)(H,63,70)(H,64,71)/t29-,30-,31-,32-,33?,34?,35?,36-,37-,41-,42-,43-,44-,45-,46-,47-,48-,49-,50+,51+,52+,53?,54?,55?,56+,57+,58+,59-,60-,61-/m1/s1. The van der Waals surface area contributed by atoms with Crippen LogP contribution >= 0.6 is 70.6 Å². The van der Waals surface area contributed by atoms with E-state index in [2.05, 4.69) is 16.0 Å². The molecule has 590 valence electrons. The number of rotatable bonds is 44. The summed E-state index contributed by atoms with van der Waals surface area (Å²) in [4.78, 5) is 37.6. The number of methoxy groups -OCH3 is 1. The highest BCUT2D eigenvalue weighted by Crippen LogP contribution is 2.38. The van der Waals surface area contributed by atoms with Gasteiger partial charge in [0.15, 0.2) is 18.9 Å². The molecule has 101 heavy (non-hydrogen) atoms. The molecule has 6 aliphatic heterocycles. The fourth-order valence-electron chi connectivity index (χ4n) is 12.3. The molecule has 0 aromatic rings. The lowest BCUT2D eigenvalue weighted by molar-refractivity contribution is -0.330. The molecule has 22 N–H and O–H groups in total. The molecule has 34 nitrogen and oxygen atoms in total. The molecule has 0 aromatic heterocycles. The minimum absolute atomic E-state index is 0.101. The number of thioether (sulfide) groups is 6. The summed E-state index contributed by atoms with van der Waals surface area (Å²) >= 11 is 7.42. The van der Waals surface area contributed by atoms with Crippen molar-refractivity contribution in [2.45, 2.75) is 221 Å². The first-order chi connectivity index (χ1) is 48.4. The van der Waals surface area contributed by atoms with Crippen LogP contribution in [0.1, 0.15) is 57.8 Å². The number of nitrogens with one attached hydrogen (secondary N) is 3. The van der Waals surface area contributed by atoms with Crippen LogP contribution in [0.4, 0.5) is 0 Å². The van der Waals surface area contributed by atoms with E-state index in [1.165, 1.54) is 18.9 Å². The number of aliphatic hydroxyl groups excluding tert-OH is 19. The van der Waals surface area contributed by atoms with E-state index in [0.717, 1.165) is 35.3 Å². The third-order valence-corrected chi connectivity index (χ3v) is 25.0. The number of aliphatic hydroxyl groups is 19. The van der Waals surface area contributed by atoms with Crippen molar-refractivity contribution in [2.24, 2.45) is 17.8 Å². The average Bonchev–Trinajstić information content (AvgIpc) is 0.802. The number of hydrogen-bond donors (Lipinski definition) is 22. The first-order valence-corrected chi connectivity index (χ1v) is 40.7. The molecule has 6 fully saturated rings. The fourth-order valence-corrected chi connectivity index (χ4v) is 17.9. The Morgan fingerprint density at radius 1 is 0.327 bits per heavy atom. The second kappa shape index (κ2) is 46.8. The second-order valence-electron chi connectivity index (χ2n) is 25.5. The summed E-state index contributed by atoms with van der Waals surface area (Å²) in [6, 6.07) is 0. The molecule has 0 radical (unpaired) electrons. The summed E-state index contributed by atoms with van der Waals surface area (Å²) in [5.74, 6) is -0.175. The molecule has 30 atom stereocenters. The molecule has 0 bridgehead atoms. The van der Waals surface area contributed by atoms with E-state index in [1.54, 1.807) is 23.5 Å². The van der Waals surface area contributed by atoms with Gasteiger partial charge in [0.1, 0.15) is 126 Å². The first kappa shape index (κ1) is 89.3. The molecular formula is C61H109N3O31S6. The number of hydrogen-bond acceptors (Lipinski definition) is 37. The summed E-state index contributed by atoms with van der Waals surface area (Å²) in [7, 11) is 1.40. The van der Waals surface area contributed by atoms with Gasteiger partial charge in [0.25, 0.3) is 0 Å². The van der Waals surface area contributed by atoms with Gasteiger partial charge >= 0.3 is 0 Å². The highest BCUT2D eigenvalue weighted by Gasteiger charge is 2.51. The Hall–Kier alpha value is -0.610. The molecule has 0 saturated carbocycles. The van der Waals surface area contributed by atoms with Gasteiger partial charge in [-0.1, -0.05) is 19.3 Å². The third kappa shape index (κ3) is 26.8. The molecule has 6 unspecified atom stereocenters. The molecule has 0 aliphatic carbocycles. The first-order valence-electron chi connectivity index (χ1n) is 34.1. The summed E-state index contributed by atoms with van der Waals surface area (Å²) in [5, 5.41) is 207. The zero-order valence-electron chi connectivity index (χ0n) is 56.3. The van der Waals surface area contributed by atoms with Crippen molar-refractivity contribution in [3.05, 3.63) is 0 Å². The van der Waals surface area contributed by atoms with Crippen molar-refractivity contribution in [1.82, 2.24) is 16.0 Å². The van der Waals surface area contributed by atoms with Gasteiger partial charge in [0, 0.05) is 61.8 Å². The van der Waals surface area contributed by atoms with Crippen LogP contribution in [0.3, 0.4) is 0 Å². The highest BCUT2D eigenvalue weighted by atomic mass is 32.2. The quantitative estimate of drug-likeness (QED) is 0.0252. The zero-order valence-corrected chi connectivity index (χ0v) is 61.2. The van der Waals surface area contributed by atoms with Crippen molar-refractivity contribution in [2.75, 3.05) is 118 Å². The molecule has 6 heterocycles. The molecule has 40 heteroatoms. The highest BCUT2D eigenvalue weighted by molar-refractivity contribution is 8.01. The zero-order chi connectivity index (χ0) is 73.9. The van der Waals surface area contributed by atoms with Crippen molar-refractivity contribution < 1.29 is 154 Å². The lowest BCUT2D eigenvalue weighted by atomic mass is 9.86. The van der Waals surface area contributed by atoms with Crippen LogP contribution < -0.4 is 16.0 Å². The summed E-state index contributed by atoms with van der Waals surface area (Å²) in [6.07, 6.45) is -28.2. The van der Waals surface area contributed by atoms with Crippen LogP contribution in [0, 0.1) is 17.8 Å². The lowest BCUT2D eigenvalue weighted by Gasteiger charge is -2.46. The maximum absolute atomic E-state index is 12.6. The van der Waals surface area contributed by atoms with E-state index < -0.39 is 214 Å². The third-order valence-electron chi connectivity index (χ3n) is 18.4. The Labute approximate surface area is 612 Å². The summed E-state index contributed by atoms with van der Waals surface area (Å²) in [5.41, 5.74) is -3.13. The maximum Gasteiger partial charge on any atom is 0.230 e. The topological polar surface area (TPSA) is 555 Å². The van der Waals surface area contributed by atoms with Crippen LogP contribution in [0.2, 0.25) is 0 Å².